The third-order valence-electron chi connectivity index (χ3n) is 4.41. The third kappa shape index (κ3) is 4.90. The van der Waals surface area contributed by atoms with Gasteiger partial charge < -0.3 is 9.64 Å². The van der Waals surface area contributed by atoms with Crippen molar-refractivity contribution in [2.75, 3.05) is 19.7 Å². The van der Waals surface area contributed by atoms with Gasteiger partial charge in [-0.3, -0.25) is 4.79 Å². The molecule has 1 heterocycles. The van der Waals surface area contributed by atoms with E-state index in [1.54, 1.807) is 18.7 Å². The first-order valence-corrected chi connectivity index (χ1v) is 9.84. The average Bonchev–Trinajstić information content (AvgIpc) is 2.60. The molecule has 25 heavy (non-hydrogen) atoms. The molecule has 0 aromatic heterocycles. The van der Waals surface area contributed by atoms with Crippen LogP contribution in [0.2, 0.25) is 0 Å². The van der Waals surface area contributed by atoms with E-state index in [2.05, 4.69) is 0 Å². The molecule has 0 radical (unpaired) electrons. The van der Waals surface area contributed by atoms with Crippen LogP contribution in [-0.2, 0) is 14.6 Å². The molecule has 0 bridgehead atoms. The Hall–Kier alpha value is -1.70. The van der Waals surface area contributed by atoms with Crippen molar-refractivity contribution in [3.63, 3.8) is 0 Å². The van der Waals surface area contributed by atoms with Crippen molar-refractivity contribution in [2.24, 2.45) is 0 Å². The van der Waals surface area contributed by atoms with E-state index in [1.807, 2.05) is 0 Å². The summed E-state index contributed by atoms with van der Waals surface area (Å²) in [5, 5.41) is -0.821. The minimum atomic E-state index is -3.15. The molecule has 0 spiro atoms. The Labute approximate surface area is 146 Å². The number of hydrogen-bond acceptors (Lipinski definition) is 4. The van der Waals surface area contributed by atoms with Crippen molar-refractivity contribution in [1.82, 2.24) is 4.90 Å². The summed E-state index contributed by atoms with van der Waals surface area (Å²) in [5.41, 5.74) is -0.105. The molecular formula is C17H23F2NO4S. The van der Waals surface area contributed by atoms with Crippen molar-refractivity contribution < 1.29 is 26.7 Å². The molecule has 1 aromatic carbocycles. The topological polar surface area (TPSA) is 63.7 Å². The maximum Gasteiger partial charge on any atom is 0.263 e. The lowest BCUT2D eigenvalue weighted by Gasteiger charge is -2.32. The maximum atomic E-state index is 12.5. The predicted octanol–water partition coefficient (Wildman–Crippen LogP) is 2.82. The number of ether oxygens (including phenoxy) is 1. The van der Waals surface area contributed by atoms with Gasteiger partial charge in [-0.2, -0.15) is 0 Å². The van der Waals surface area contributed by atoms with Crippen LogP contribution in [-0.4, -0.2) is 49.4 Å². The van der Waals surface area contributed by atoms with E-state index >= 15 is 0 Å². The number of sulfone groups is 1. The van der Waals surface area contributed by atoms with E-state index in [1.165, 1.54) is 24.3 Å². The summed E-state index contributed by atoms with van der Waals surface area (Å²) < 4.78 is 54.6. The summed E-state index contributed by atoms with van der Waals surface area (Å²) >= 11 is 0. The van der Waals surface area contributed by atoms with Crippen molar-refractivity contribution in [1.29, 1.82) is 0 Å². The molecule has 1 amide bonds. The summed E-state index contributed by atoms with van der Waals surface area (Å²) in [6.07, 6.45) is -1.69. The first-order chi connectivity index (χ1) is 11.7. The molecule has 5 nitrogen and oxygen atoms in total. The second-order valence-electron chi connectivity index (χ2n) is 6.38. The highest BCUT2D eigenvalue weighted by atomic mass is 32.2. The van der Waals surface area contributed by atoms with Gasteiger partial charge in [0, 0.05) is 18.7 Å². The molecule has 0 aliphatic carbocycles. The van der Waals surface area contributed by atoms with E-state index in [0.717, 1.165) is 0 Å². The summed E-state index contributed by atoms with van der Waals surface area (Å²) in [5.74, 6) is 0.105. The first-order valence-electron chi connectivity index (χ1n) is 8.23. The molecular weight excluding hydrogens is 352 g/mol. The Kier molecular flexibility index (Phi) is 6.37. The van der Waals surface area contributed by atoms with Gasteiger partial charge >= 0.3 is 0 Å². The second-order valence-corrected chi connectivity index (χ2v) is 9.16. The van der Waals surface area contributed by atoms with Gasteiger partial charge in [0.25, 0.3) is 12.3 Å². The molecule has 1 fully saturated rings. The van der Waals surface area contributed by atoms with Crippen molar-refractivity contribution >= 4 is 15.7 Å². The average molecular weight is 375 g/mol. The summed E-state index contributed by atoms with van der Waals surface area (Å²) in [4.78, 5) is 13.8. The smallest absolute Gasteiger partial charge is 0.263 e. The van der Waals surface area contributed by atoms with E-state index in [4.69, 9.17) is 4.74 Å². The van der Waals surface area contributed by atoms with Gasteiger partial charge in [-0.15, -0.1) is 0 Å². The van der Waals surface area contributed by atoms with Gasteiger partial charge in [0.1, 0.15) is 5.75 Å². The lowest BCUT2D eigenvalue weighted by atomic mass is 10.1. The zero-order chi connectivity index (χ0) is 18.6. The number of likely N-dealkylation sites (tertiary alicyclic amines) is 1. The monoisotopic (exact) mass is 375 g/mol. The molecule has 1 aliphatic rings. The Bertz CT molecular complexity index is 681. The van der Waals surface area contributed by atoms with Crippen LogP contribution in [0.5, 0.6) is 5.75 Å². The molecule has 140 valence electrons. The number of halogens is 2. The largest absolute Gasteiger partial charge is 0.484 e. The van der Waals surface area contributed by atoms with Crippen LogP contribution in [0.25, 0.3) is 0 Å². The van der Waals surface area contributed by atoms with Crippen LogP contribution in [0.15, 0.2) is 24.3 Å². The van der Waals surface area contributed by atoms with Gasteiger partial charge in [-0.25, -0.2) is 17.2 Å². The highest BCUT2D eigenvalue weighted by Crippen LogP contribution is 2.23. The SMILES string of the molecule is CC(C)S(=O)(=O)C1CCN(C(=O)COc2ccc(C(F)F)cc2)CC1. The lowest BCUT2D eigenvalue weighted by molar-refractivity contribution is -0.134. The fourth-order valence-electron chi connectivity index (χ4n) is 2.76. The number of alkyl halides is 2. The number of carbonyl (C=O) groups is 1. The highest BCUT2D eigenvalue weighted by molar-refractivity contribution is 7.92. The fraction of sp³-hybridized carbons (Fsp3) is 0.588. The van der Waals surface area contributed by atoms with Crippen LogP contribution in [0.3, 0.4) is 0 Å². The number of amides is 1. The normalized spacial score (nSPS) is 16.5. The number of rotatable bonds is 6. The van der Waals surface area contributed by atoms with Gasteiger partial charge in [0.15, 0.2) is 16.4 Å². The van der Waals surface area contributed by atoms with Gasteiger partial charge in [-0.05, 0) is 51.0 Å². The van der Waals surface area contributed by atoms with E-state index in [9.17, 15) is 22.0 Å². The van der Waals surface area contributed by atoms with Crippen LogP contribution in [0, 0.1) is 0 Å². The second kappa shape index (κ2) is 8.12. The Morgan fingerprint density at radius 1 is 1.20 bits per heavy atom. The van der Waals surface area contributed by atoms with Gasteiger partial charge in [0.2, 0.25) is 0 Å². The quantitative estimate of drug-likeness (QED) is 0.767. The summed E-state index contributed by atoms with van der Waals surface area (Å²) in [6.45, 7) is 3.89. The molecule has 0 unspecified atom stereocenters. The Balaban J connectivity index is 1.83. The minimum Gasteiger partial charge on any atom is -0.484 e. The zero-order valence-electron chi connectivity index (χ0n) is 14.3. The number of benzene rings is 1. The third-order valence-corrected chi connectivity index (χ3v) is 7.13. The number of hydrogen-bond donors (Lipinski definition) is 0. The maximum absolute atomic E-state index is 12.5. The first kappa shape index (κ1) is 19.6. The van der Waals surface area contributed by atoms with Crippen molar-refractivity contribution in [2.45, 2.75) is 43.6 Å². The molecule has 1 saturated heterocycles. The number of nitrogens with zero attached hydrogens (tertiary/aromatic N) is 1. The predicted molar refractivity (Wildman–Crippen MR) is 90.6 cm³/mol. The summed E-state index contributed by atoms with van der Waals surface area (Å²) in [7, 11) is -3.15. The van der Waals surface area contributed by atoms with Crippen LogP contribution >= 0.6 is 0 Å². The standard InChI is InChI=1S/C17H23F2NO4S/c1-12(2)25(22,23)15-7-9-20(10-8-15)16(21)11-24-14-5-3-13(4-6-14)17(18)19/h3-6,12,15,17H,7-11H2,1-2H3. The highest BCUT2D eigenvalue weighted by Gasteiger charge is 2.33. The fourth-order valence-corrected chi connectivity index (χ4v) is 4.40. The summed E-state index contributed by atoms with van der Waals surface area (Å²) in [6, 6.07) is 5.31. The molecule has 0 saturated carbocycles. The molecule has 1 aliphatic heterocycles. The molecule has 0 N–H and O–H groups in total. The Morgan fingerprint density at radius 3 is 2.24 bits per heavy atom. The molecule has 2 rings (SSSR count). The van der Waals surface area contributed by atoms with Gasteiger partial charge in [0.05, 0.1) is 10.5 Å². The number of piperidine rings is 1. The van der Waals surface area contributed by atoms with Gasteiger partial charge in [-0.1, -0.05) is 0 Å². The van der Waals surface area contributed by atoms with Crippen LogP contribution < -0.4 is 4.74 Å². The molecule has 8 heteroatoms. The zero-order valence-corrected chi connectivity index (χ0v) is 15.1. The molecule has 1 aromatic rings. The lowest BCUT2D eigenvalue weighted by Crippen LogP contribution is -2.45. The van der Waals surface area contributed by atoms with Crippen molar-refractivity contribution in [3.8, 4) is 5.75 Å². The van der Waals surface area contributed by atoms with Crippen molar-refractivity contribution in [3.05, 3.63) is 29.8 Å². The molecule has 0 atom stereocenters. The Morgan fingerprint density at radius 2 is 1.76 bits per heavy atom. The van der Waals surface area contributed by atoms with Crippen LogP contribution in [0.4, 0.5) is 8.78 Å². The van der Waals surface area contributed by atoms with E-state index in [0.29, 0.717) is 31.7 Å². The van der Waals surface area contributed by atoms with E-state index < -0.39 is 26.8 Å². The van der Waals surface area contributed by atoms with Crippen LogP contribution in [0.1, 0.15) is 38.7 Å². The number of carbonyl (C=O) groups excluding carboxylic acids is 1. The minimum absolute atomic E-state index is 0.105. The van der Waals surface area contributed by atoms with E-state index in [-0.39, 0.29) is 18.1 Å².